The van der Waals surface area contributed by atoms with Crippen LogP contribution in [0.3, 0.4) is 0 Å². The van der Waals surface area contributed by atoms with E-state index in [9.17, 15) is 31.0 Å². The molecule has 2 bridgehead atoms. The zero-order valence-electron chi connectivity index (χ0n) is 22.1. The van der Waals surface area contributed by atoms with Crippen LogP contribution in [-0.4, -0.2) is 42.0 Å². The average molecular weight is 603 g/mol. The van der Waals surface area contributed by atoms with Crippen LogP contribution in [-0.2, 0) is 30.9 Å². The number of carbonyl (C=O) groups is 1. The molecule has 0 spiro atoms. The summed E-state index contributed by atoms with van der Waals surface area (Å²) >= 11 is 0. The Balaban J connectivity index is 1.36. The molecule has 3 aromatic heterocycles. The maximum Gasteiger partial charge on any atom is 0.471 e. The summed E-state index contributed by atoms with van der Waals surface area (Å²) in [5.74, 6) is -4.19. The van der Waals surface area contributed by atoms with Gasteiger partial charge in [-0.25, -0.2) is 18.7 Å². The van der Waals surface area contributed by atoms with E-state index in [0.29, 0.717) is 23.4 Å². The van der Waals surface area contributed by atoms with E-state index in [-0.39, 0.29) is 23.0 Å². The SMILES string of the molecule is CC1(C)[C@H]2CC[C@@]1(c1ccnc(-c3cnn(C[S-](=O)=NC(=O)C(F)(F)F)c3)n1)c1nnc(-c3c(F)cccc3F)cc12. The highest BCUT2D eigenvalue weighted by Gasteiger charge is 2.65. The molecule has 0 aliphatic heterocycles. The molecule has 0 N–H and O–H groups in total. The van der Waals surface area contributed by atoms with E-state index in [0.717, 1.165) is 16.7 Å². The third-order valence-electron chi connectivity index (χ3n) is 8.26. The summed E-state index contributed by atoms with van der Waals surface area (Å²) in [6.07, 6.45) is 0.584. The highest BCUT2D eigenvalue weighted by Crippen LogP contribution is 2.69. The third kappa shape index (κ3) is 4.28. The van der Waals surface area contributed by atoms with Gasteiger partial charge in [0.2, 0.25) is 0 Å². The number of fused-ring (bicyclic) bond motifs is 5. The first-order chi connectivity index (χ1) is 19.8. The molecule has 0 saturated heterocycles. The number of benzene rings is 1. The Morgan fingerprint density at radius 2 is 1.90 bits per heavy atom. The highest BCUT2D eigenvalue weighted by molar-refractivity contribution is 7.74. The number of aromatic nitrogens is 6. The van der Waals surface area contributed by atoms with Gasteiger partial charge >= 0.3 is 12.1 Å². The first-order valence-electron chi connectivity index (χ1n) is 12.7. The zero-order valence-corrected chi connectivity index (χ0v) is 22.9. The Morgan fingerprint density at radius 3 is 2.62 bits per heavy atom. The minimum Gasteiger partial charge on any atom is -0.442 e. The summed E-state index contributed by atoms with van der Waals surface area (Å²) in [4.78, 5) is 20.1. The fraction of sp³-hybridized carbons (Fsp3) is 0.333. The van der Waals surface area contributed by atoms with Crippen LogP contribution in [0.2, 0.25) is 0 Å². The molecule has 1 saturated carbocycles. The summed E-state index contributed by atoms with van der Waals surface area (Å²) in [5.41, 5.74) is 1.38. The molecule has 1 aromatic carbocycles. The van der Waals surface area contributed by atoms with E-state index in [1.54, 1.807) is 18.3 Å². The van der Waals surface area contributed by atoms with Crippen LogP contribution >= 0.6 is 0 Å². The molecular weight excluding hydrogens is 581 g/mol. The first kappa shape index (κ1) is 28.0. The molecule has 3 heterocycles. The Labute approximate surface area is 237 Å². The number of amides is 1. The number of rotatable bonds is 5. The number of hydrogen-bond acceptors (Lipinski definition) is 8. The Bertz CT molecular complexity index is 1810. The summed E-state index contributed by atoms with van der Waals surface area (Å²) in [6, 6.07) is 7.11. The molecule has 6 rings (SSSR count). The van der Waals surface area contributed by atoms with Gasteiger partial charge < -0.3 is 8.57 Å². The molecule has 2 atom stereocenters. The maximum atomic E-state index is 14.5. The molecule has 9 nitrogen and oxygen atoms in total. The van der Waals surface area contributed by atoms with Gasteiger partial charge in [0.1, 0.15) is 11.6 Å². The Morgan fingerprint density at radius 1 is 1.17 bits per heavy atom. The zero-order chi connectivity index (χ0) is 30.0. The second-order valence-corrected chi connectivity index (χ2v) is 11.8. The Kier molecular flexibility index (Phi) is 6.48. The first-order valence-corrected chi connectivity index (χ1v) is 14.0. The van der Waals surface area contributed by atoms with Crippen molar-refractivity contribution in [2.24, 2.45) is 9.78 Å². The molecule has 0 radical (unpaired) electrons. The van der Waals surface area contributed by atoms with Crippen LogP contribution in [0.5, 0.6) is 0 Å². The van der Waals surface area contributed by atoms with Crippen LogP contribution < -0.4 is 0 Å². The summed E-state index contributed by atoms with van der Waals surface area (Å²) in [7, 11) is -2.50. The maximum absolute atomic E-state index is 14.5. The van der Waals surface area contributed by atoms with Crippen molar-refractivity contribution in [2.45, 2.75) is 50.1 Å². The third-order valence-corrected chi connectivity index (χ3v) is 9.11. The predicted octanol–water partition coefficient (Wildman–Crippen LogP) is 5.47. The lowest BCUT2D eigenvalue weighted by atomic mass is 9.66. The van der Waals surface area contributed by atoms with E-state index in [4.69, 9.17) is 4.98 Å². The lowest BCUT2D eigenvalue weighted by Gasteiger charge is -2.37. The van der Waals surface area contributed by atoms with E-state index in [2.05, 4.69) is 38.5 Å². The van der Waals surface area contributed by atoms with Crippen molar-refractivity contribution in [2.75, 3.05) is 0 Å². The van der Waals surface area contributed by atoms with E-state index in [1.165, 1.54) is 30.6 Å². The quantitative estimate of drug-likeness (QED) is 0.220. The van der Waals surface area contributed by atoms with Gasteiger partial charge in [0.05, 0.1) is 39.8 Å². The minimum absolute atomic E-state index is 0.0240. The highest BCUT2D eigenvalue weighted by atomic mass is 32.2. The van der Waals surface area contributed by atoms with Crippen molar-refractivity contribution >= 4 is 16.5 Å². The van der Waals surface area contributed by atoms with E-state index in [1.807, 2.05) is 0 Å². The van der Waals surface area contributed by atoms with Gasteiger partial charge in [0, 0.05) is 18.3 Å². The molecule has 1 amide bonds. The second-order valence-electron chi connectivity index (χ2n) is 10.7. The average Bonchev–Trinajstić information content (AvgIpc) is 3.55. The lowest BCUT2D eigenvalue weighted by molar-refractivity contribution is -0.169. The number of alkyl halides is 3. The van der Waals surface area contributed by atoms with Crippen LogP contribution in [0.4, 0.5) is 22.0 Å². The van der Waals surface area contributed by atoms with Crippen LogP contribution in [0.1, 0.15) is 49.6 Å². The molecule has 15 heteroatoms. The van der Waals surface area contributed by atoms with Gasteiger partial charge in [-0.15, -0.1) is 5.10 Å². The second kappa shape index (κ2) is 9.71. The topological polar surface area (TPSA) is 116 Å². The van der Waals surface area contributed by atoms with Crippen molar-refractivity contribution in [1.82, 2.24) is 29.9 Å². The van der Waals surface area contributed by atoms with Gasteiger partial charge in [-0.1, -0.05) is 19.9 Å². The van der Waals surface area contributed by atoms with Crippen molar-refractivity contribution < 1.29 is 31.0 Å². The van der Waals surface area contributed by atoms with E-state index < -0.39 is 51.0 Å². The number of nitrogens with zero attached hydrogens (tertiary/aromatic N) is 7. The number of halogens is 5. The molecule has 42 heavy (non-hydrogen) atoms. The van der Waals surface area contributed by atoms with Crippen LogP contribution in [0.25, 0.3) is 22.6 Å². The van der Waals surface area contributed by atoms with Crippen LogP contribution in [0, 0.1) is 17.0 Å². The predicted molar refractivity (Wildman–Crippen MR) is 139 cm³/mol. The number of carbonyl (C=O) groups excluding carboxylic acids is 1. The fourth-order valence-corrected chi connectivity index (χ4v) is 7.04. The lowest BCUT2D eigenvalue weighted by Crippen LogP contribution is -2.38. The number of hydrogen-bond donors (Lipinski definition) is 0. The molecular formula is C27H21F5N7O2S-. The Hall–Kier alpha value is -4.14. The molecule has 4 aromatic rings. The van der Waals surface area contributed by atoms with Crippen molar-refractivity contribution in [3.05, 3.63) is 77.5 Å². The smallest absolute Gasteiger partial charge is 0.442 e. The molecule has 0 unspecified atom stereocenters. The van der Waals surface area contributed by atoms with E-state index >= 15 is 0 Å². The summed E-state index contributed by atoms with van der Waals surface area (Å²) in [6.45, 7) is 4.19. The molecule has 2 aliphatic carbocycles. The van der Waals surface area contributed by atoms with Gasteiger partial charge in [0.15, 0.2) is 5.82 Å². The van der Waals surface area contributed by atoms with Gasteiger partial charge in [-0.05, 0) is 54.0 Å². The molecule has 2 aliphatic rings. The molecule has 1 fully saturated rings. The summed E-state index contributed by atoms with van der Waals surface area (Å²) in [5, 5.41) is 12.7. The fourth-order valence-electron chi connectivity index (χ4n) is 6.33. The summed E-state index contributed by atoms with van der Waals surface area (Å²) < 4.78 is 82.0. The van der Waals surface area contributed by atoms with Crippen molar-refractivity contribution in [3.63, 3.8) is 0 Å². The van der Waals surface area contributed by atoms with Crippen molar-refractivity contribution in [3.8, 4) is 22.6 Å². The molecule has 218 valence electrons. The van der Waals surface area contributed by atoms with Gasteiger partial charge in [-0.3, -0.25) is 9.48 Å². The monoisotopic (exact) mass is 602 g/mol. The normalized spacial score (nSPS) is 21.5. The van der Waals surface area contributed by atoms with Crippen LogP contribution in [0.15, 0.2) is 53.3 Å². The van der Waals surface area contributed by atoms with Gasteiger partial charge in [0.25, 0.3) is 0 Å². The largest absolute Gasteiger partial charge is 0.471 e. The van der Waals surface area contributed by atoms with Gasteiger partial charge in [-0.2, -0.15) is 34.0 Å². The van der Waals surface area contributed by atoms with Crippen molar-refractivity contribution in [1.29, 1.82) is 0 Å². The standard InChI is InChI=1S/C27H21F5N7O2S/c1-25(2)16-6-8-26(25,22-15(16)10-19(36-37-22)21-17(28)4-3-5-18(21)29)20-7-9-33-23(35-20)14-11-34-39(12-14)13-42(41)38-24(40)27(30,31)32/h3-5,7,9-12,16H,6,8,13H2,1-2H3/q-1/t16-,26+/m0/s1. The minimum atomic E-state index is -5.22.